The van der Waals surface area contributed by atoms with Crippen LogP contribution < -0.4 is 5.32 Å². The van der Waals surface area contributed by atoms with Crippen LogP contribution in [0.4, 0.5) is 13.8 Å². The normalized spacial score (nSPS) is 14.7. The Balaban J connectivity index is 1.35. The Bertz CT molecular complexity index is 1140. The average molecular weight is 486 g/mol. The fraction of sp³-hybridized carbons (Fsp3) is 0.280. The number of carbonyl (C=O) groups is 2. The van der Waals surface area contributed by atoms with E-state index in [4.69, 9.17) is 4.74 Å². The standard InChI is InChI=1S/C25H25F2N3O3S/c1-33-25(32)23-21(18-4-8-20(27)9-5-18)16-34-24(23)28-22(31)15-30-12-10-29(11-13-30)14-17-2-6-19(26)7-3-17/h2-9,16H,10-15H2,1H3,(H,28,31). The highest BCUT2D eigenvalue weighted by Crippen LogP contribution is 2.36. The number of ether oxygens (including phenoxy) is 1. The van der Waals surface area contributed by atoms with Gasteiger partial charge in [0.15, 0.2) is 0 Å². The SMILES string of the molecule is COC(=O)c1c(-c2ccc(F)cc2)csc1NC(=O)CN1CCN(Cc2ccc(F)cc2)CC1. The maximum Gasteiger partial charge on any atom is 0.341 e. The summed E-state index contributed by atoms with van der Waals surface area (Å²) in [6.07, 6.45) is 0. The third-order valence-corrected chi connectivity index (χ3v) is 6.64. The monoisotopic (exact) mass is 485 g/mol. The number of carbonyl (C=O) groups excluding carboxylic acids is 2. The number of esters is 1. The third kappa shape index (κ3) is 5.85. The maximum atomic E-state index is 13.3. The van der Waals surface area contributed by atoms with Crippen LogP contribution in [0.5, 0.6) is 0 Å². The van der Waals surface area contributed by atoms with E-state index in [2.05, 4.69) is 15.1 Å². The number of benzene rings is 2. The Kier molecular flexibility index (Phi) is 7.66. The first-order chi connectivity index (χ1) is 16.4. The van der Waals surface area contributed by atoms with Gasteiger partial charge in [-0.05, 0) is 35.4 Å². The second kappa shape index (κ2) is 10.9. The van der Waals surface area contributed by atoms with E-state index in [1.807, 2.05) is 0 Å². The Morgan fingerprint density at radius 3 is 2.15 bits per heavy atom. The van der Waals surface area contributed by atoms with Crippen molar-refractivity contribution < 1.29 is 23.1 Å². The number of nitrogens with one attached hydrogen (secondary N) is 1. The van der Waals surface area contributed by atoms with E-state index in [0.29, 0.717) is 16.1 Å². The summed E-state index contributed by atoms with van der Waals surface area (Å²) < 4.78 is 31.3. The summed E-state index contributed by atoms with van der Waals surface area (Å²) in [5.74, 6) is -1.40. The van der Waals surface area contributed by atoms with Crippen molar-refractivity contribution in [3.63, 3.8) is 0 Å². The zero-order valence-electron chi connectivity index (χ0n) is 18.7. The molecule has 4 rings (SSSR count). The molecule has 1 amide bonds. The van der Waals surface area contributed by atoms with Gasteiger partial charge in [-0.25, -0.2) is 13.6 Å². The van der Waals surface area contributed by atoms with E-state index < -0.39 is 5.97 Å². The molecular weight excluding hydrogens is 460 g/mol. The lowest BCUT2D eigenvalue weighted by Gasteiger charge is -2.34. The van der Waals surface area contributed by atoms with Gasteiger partial charge in [-0.2, -0.15) is 0 Å². The summed E-state index contributed by atoms with van der Waals surface area (Å²) in [5.41, 5.74) is 2.56. The topological polar surface area (TPSA) is 61.9 Å². The molecule has 0 radical (unpaired) electrons. The summed E-state index contributed by atoms with van der Waals surface area (Å²) in [7, 11) is 1.28. The molecule has 1 aliphatic rings. The van der Waals surface area contributed by atoms with Crippen LogP contribution in [0.2, 0.25) is 0 Å². The quantitative estimate of drug-likeness (QED) is 0.508. The molecule has 0 bridgehead atoms. The molecule has 1 saturated heterocycles. The first-order valence-electron chi connectivity index (χ1n) is 10.9. The summed E-state index contributed by atoms with van der Waals surface area (Å²) in [4.78, 5) is 29.5. The number of hydrogen-bond acceptors (Lipinski definition) is 6. The van der Waals surface area contributed by atoms with Gasteiger partial charge in [-0.15, -0.1) is 11.3 Å². The zero-order chi connectivity index (χ0) is 24.1. The lowest BCUT2D eigenvalue weighted by molar-refractivity contribution is -0.117. The van der Waals surface area contributed by atoms with Crippen LogP contribution in [0.3, 0.4) is 0 Å². The highest BCUT2D eigenvalue weighted by molar-refractivity contribution is 7.15. The molecule has 34 heavy (non-hydrogen) atoms. The number of nitrogens with zero attached hydrogens (tertiary/aromatic N) is 2. The van der Waals surface area contributed by atoms with Crippen LogP contribution in [0, 0.1) is 11.6 Å². The highest BCUT2D eigenvalue weighted by Gasteiger charge is 2.24. The molecule has 1 aromatic heterocycles. The van der Waals surface area contributed by atoms with Crippen LogP contribution in [0.25, 0.3) is 11.1 Å². The van der Waals surface area contributed by atoms with Gasteiger partial charge in [0.05, 0.1) is 13.7 Å². The molecule has 1 N–H and O–H groups in total. The van der Waals surface area contributed by atoms with Crippen molar-refractivity contribution in [2.24, 2.45) is 0 Å². The van der Waals surface area contributed by atoms with Gasteiger partial charge in [0.25, 0.3) is 0 Å². The molecule has 178 valence electrons. The molecule has 0 aliphatic carbocycles. The molecule has 1 fully saturated rings. The van der Waals surface area contributed by atoms with Gasteiger partial charge >= 0.3 is 5.97 Å². The minimum absolute atomic E-state index is 0.203. The Hall–Kier alpha value is -3.14. The molecule has 0 unspecified atom stereocenters. The van der Waals surface area contributed by atoms with E-state index in [1.54, 1.807) is 29.6 Å². The maximum absolute atomic E-state index is 13.3. The van der Waals surface area contributed by atoms with Crippen molar-refractivity contribution in [2.45, 2.75) is 6.54 Å². The zero-order valence-corrected chi connectivity index (χ0v) is 19.5. The van der Waals surface area contributed by atoms with Crippen LogP contribution in [-0.2, 0) is 16.1 Å². The molecule has 2 aromatic carbocycles. The number of anilines is 1. The second-order valence-corrected chi connectivity index (χ2v) is 8.96. The van der Waals surface area contributed by atoms with E-state index in [0.717, 1.165) is 38.3 Å². The molecule has 2 heterocycles. The minimum Gasteiger partial charge on any atom is -0.465 e. The third-order valence-electron chi connectivity index (χ3n) is 5.74. The summed E-state index contributed by atoms with van der Waals surface area (Å²) in [5, 5.41) is 5.01. The van der Waals surface area contributed by atoms with E-state index in [9.17, 15) is 18.4 Å². The minimum atomic E-state index is -0.565. The largest absolute Gasteiger partial charge is 0.465 e. The van der Waals surface area contributed by atoms with E-state index in [1.165, 1.54) is 42.7 Å². The number of thiophene rings is 1. The van der Waals surface area contributed by atoms with Crippen molar-refractivity contribution >= 4 is 28.2 Å². The molecule has 0 saturated carbocycles. The molecule has 9 heteroatoms. The Morgan fingerprint density at radius 2 is 1.53 bits per heavy atom. The van der Waals surface area contributed by atoms with Crippen molar-refractivity contribution in [3.05, 3.63) is 76.7 Å². The van der Waals surface area contributed by atoms with Crippen molar-refractivity contribution in [2.75, 3.05) is 45.2 Å². The number of hydrogen-bond donors (Lipinski definition) is 1. The molecule has 1 aliphatic heterocycles. The van der Waals surface area contributed by atoms with Crippen molar-refractivity contribution in [1.82, 2.24) is 9.80 Å². The molecular formula is C25H25F2N3O3S. The lowest BCUT2D eigenvalue weighted by atomic mass is 10.0. The van der Waals surface area contributed by atoms with Gasteiger partial charge in [0, 0.05) is 43.7 Å². The molecule has 3 aromatic rings. The summed E-state index contributed by atoms with van der Waals surface area (Å²) in [6.45, 7) is 3.99. The van der Waals surface area contributed by atoms with Crippen LogP contribution in [0.15, 0.2) is 53.9 Å². The summed E-state index contributed by atoms with van der Waals surface area (Å²) >= 11 is 1.23. The number of rotatable bonds is 7. The number of methoxy groups -OCH3 is 1. The van der Waals surface area contributed by atoms with Gasteiger partial charge in [0.2, 0.25) is 5.91 Å². The molecule has 0 spiro atoms. The average Bonchev–Trinajstić information content (AvgIpc) is 3.25. The fourth-order valence-corrected chi connectivity index (χ4v) is 4.89. The lowest BCUT2D eigenvalue weighted by Crippen LogP contribution is -2.48. The van der Waals surface area contributed by atoms with Crippen LogP contribution in [0.1, 0.15) is 15.9 Å². The van der Waals surface area contributed by atoms with Crippen molar-refractivity contribution in [1.29, 1.82) is 0 Å². The second-order valence-electron chi connectivity index (χ2n) is 8.08. The smallest absolute Gasteiger partial charge is 0.341 e. The Morgan fingerprint density at radius 1 is 0.941 bits per heavy atom. The van der Waals surface area contributed by atoms with Gasteiger partial charge < -0.3 is 10.1 Å². The van der Waals surface area contributed by atoms with Gasteiger partial charge in [-0.3, -0.25) is 14.6 Å². The van der Waals surface area contributed by atoms with E-state index >= 15 is 0 Å². The van der Waals surface area contributed by atoms with Gasteiger partial charge in [0.1, 0.15) is 22.2 Å². The van der Waals surface area contributed by atoms with Crippen LogP contribution in [-0.4, -0.2) is 61.5 Å². The van der Waals surface area contributed by atoms with Gasteiger partial charge in [-0.1, -0.05) is 24.3 Å². The first-order valence-corrected chi connectivity index (χ1v) is 11.8. The predicted molar refractivity (Wildman–Crippen MR) is 128 cm³/mol. The fourth-order valence-electron chi connectivity index (χ4n) is 3.92. The predicted octanol–water partition coefficient (Wildman–Crippen LogP) is 4.24. The first kappa shape index (κ1) is 24.0. The number of halogens is 2. The van der Waals surface area contributed by atoms with Crippen LogP contribution >= 0.6 is 11.3 Å². The summed E-state index contributed by atoms with van der Waals surface area (Å²) in [6, 6.07) is 12.3. The number of amides is 1. The molecule has 6 nitrogen and oxygen atoms in total. The van der Waals surface area contributed by atoms with E-state index in [-0.39, 0.29) is 29.6 Å². The number of piperazine rings is 1. The Labute approximate surface area is 200 Å². The molecule has 0 atom stereocenters. The highest BCUT2D eigenvalue weighted by atomic mass is 32.1. The van der Waals surface area contributed by atoms with Crippen molar-refractivity contribution in [3.8, 4) is 11.1 Å².